The predicted octanol–water partition coefficient (Wildman–Crippen LogP) is -1.84. The Morgan fingerprint density at radius 1 is 0.578 bits per heavy atom. The third kappa shape index (κ3) is 32.4. The largest absolute Gasteiger partial charge is 0.492 e. The lowest BCUT2D eigenvalue weighted by atomic mass is 9.91. The number of hydrogen-bond acceptors (Lipinski definition) is 24. The number of primary amides is 3. The molecule has 1 aliphatic heterocycles. The van der Waals surface area contributed by atoms with Gasteiger partial charge in [0.25, 0.3) is 0 Å². The lowest BCUT2D eigenvalue weighted by Crippen LogP contribution is -2.65. The third-order valence-corrected chi connectivity index (χ3v) is 25.5. The van der Waals surface area contributed by atoms with E-state index in [0.717, 1.165) is 53.3 Å². The second-order valence-corrected chi connectivity index (χ2v) is 36.6. The second-order valence-electron chi connectivity index (χ2n) is 33.1. The van der Waals surface area contributed by atoms with Gasteiger partial charge in [-0.05, 0) is 165 Å². The number of fused-ring (bicyclic) bond motifs is 2. The highest BCUT2D eigenvalue weighted by molar-refractivity contribution is 8.77. The lowest BCUT2D eigenvalue weighted by Gasteiger charge is -2.39. The Bertz CT molecular complexity index is 4800. The molecule has 40 nitrogen and oxygen atoms in total. The minimum absolute atomic E-state index is 0.100. The summed E-state index contributed by atoms with van der Waals surface area (Å²) in [6.07, 6.45) is -4.40. The molecule has 6 rings (SSSR count). The van der Waals surface area contributed by atoms with E-state index in [9.17, 15) is 63.0 Å². The van der Waals surface area contributed by atoms with Crippen LogP contribution in [0.3, 0.4) is 0 Å². The summed E-state index contributed by atoms with van der Waals surface area (Å²) in [5.41, 5.74) is 29.2. The highest BCUT2D eigenvalue weighted by Crippen LogP contribution is 2.47. The average molecular weight is 1820 g/mol. The Kier molecular flexibility index (Phi) is 40.4. The molecule has 0 spiro atoms. The number of aromatic nitrogens is 1. The fourth-order valence-corrected chi connectivity index (χ4v) is 17.0. The highest BCUT2D eigenvalue weighted by atomic mass is 33.1. The number of amides is 17. The van der Waals surface area contributed by atoms with E-state index in [4.69, 9.17) is 33.4 Å². The van der Waals surface area contributed by atoms with Gasteiger partial charge in [-0.2, -0.15) is 0 Å². The number of H-pyrrole nitrogens is 1. The minimum atomic E-state index is -2.04. The number of nitrogens with two attached hydrogens (primary N) is 5. The monoisotopic (exact) mass is 1820 g/mol. The van der Waals surface area contributed by atoms with Crippen LogP contribution >= 0.6 is 21.6 Å². The average Bonchev–Trinajstić information content (AvgIpc) is 1.61. The summed E-state index contributed by atoms with van der Waals surface area (Å²) in [4.78, 5) is 246. The molecule has 1 aliphatic rings. The molecule has 0 bridgehead atoms. The van der Waals surface area contributed by atoms with Crippen LogP contribution in [0, 0.1) is 6.92 Å². The van der Waals surface area contributed by atoms with Gasteiger partial charge in [-0.25, -0.2) is 4.79 Å². The van der Waals surface area contributed by atoms with Gasteiger partial charge in [0.05, 0.1) is 25.0 Å². The Morgan fingerprint density at radius 2 is 1.18 bits per heavy atom. The van der Waals surface area contributed by atoms with Crippen LogP contribution in [-0.4, -0.2) is 242 Å². The fourth-order valence-electron chi connectivity index (χ4n) is 14.2. The molecule has 17 amide bonds. The number of para-hydroxylation sites is 1. The van der Waals surface area contributed by atoms with Gasteiger partial charge in [0.1, 0.15) is 84.4 Å². The Balaban J connectivity index is 1.54. The number of benzene rings is 4. The normalized spacial score (nSPS) is 19.6. The van der Waals surface area contributed by atoms with Crippen LogP contribution in [0.25, 0.3) is 21.7 Å². The number of aliphatic hydroxyl groups is 2. The summed E-state index contributed by atoms with van der Waals surface area (Å²) in [6.45, 7) is 15.4. The molecule has 14 atom stereocenters. The molecule has 42 heteroatoms. The molecule has 128 heavy (non-hydrogen) atoms. The van der Waals surface area contributed by atoms with E-state index < -0.39 is 207 Å². The Morgan fingerprint density at radius 3 is 1.80 bits per heavy atom. The summed E-state index contributed by atoms with van der Waals surface area (Å²) in [6, 6.07) is 4.04. The number of ketones is 1. The molecule has 1 saturated heterocycles. The maximum absolute atomic E-state index is 16.3. The van der Waals surface area contributed by atoms with Gasteiger partial charge in [0.15, 0.2) is 5.78 Å². The number of carbonyl (C=O) groups is 17. The molecule has 0 radical (unpaired) electrons. The second kappa shape index (κ2) is 49.4. The van der Waals surface area contributed by atoms with Crippen LogP contribution in [0.15, 0.2) is 91.1 Å². The van der Waals surface area contributed by atoms with Crippen LogP contribution in [0.1, 0.15) is 156 Å². The predicted molar refractivity (Wildman–Crippen MR) is 480 cm³/mol. The first-order valence-corrected chi connectivity index (χ1v) is 44.3. The smallest absolute Gasteiger partial charge is 0.312 e. The number of aryl methyl sites for hydroxylation is 1. The van der Waals surface area contributed by atoms with Crippen molar-refractivity contribution >= 4 is 144 Å². The van der Waals surface area contributed by atoms with Gasteiger partial charge >= 0.3 is 6.03 Å². The van der Waals surface area contributed by atoms with Crippen LogP contribution in [-0.2, 0) is 96.0 Å². The SMILES string of the molecule is CC(=O)NCCCC[C@H](NC(=O)[C@](C)(CCCCN)NC(=O)[C@H](Cc1ccc2ccccc2c1)NC(=O)[C@H](Cc1ccc(OCCN)cc1)NC(=O)[C@H]1NC(=O)[C@H](CCCNC(N)=O)NC(=O)[C@H](Cc2c[nH]c3c(C)cccc23)NC(=O)[C@H]([C@@H](C)O)NC(=O)[C@H](CC(N)=O)NC(=O)[C@@H](NC(C)=O)C(C)(C)SSC1(C)C)C(=O)N[C@@H](CC(N)=O)C(=O)N[C@@H](C(C)=O)[C@H](C)O. The van der Waals surface area contributed by atoms with Gasteiger partial charge in [0, 0.05) is 79.3 Å². The Labute approximate surface area is 749 Å². The van der Waals surface area contributed by atoms with Crippen molar-refractivity contribution in [2.75, 3.05) is 32.8 Å². The van der Waals surface area contributed by atoms with E-state index >= 15 is 28.8 Å². The Hall–Kier alpha value is -12.0. The van der Waals surface area contributed by atoms with Crippen molar-refractivity contribution in [2.45, 2.75) is 253 Å². The van der Waals surface area contributed by atoms with Gasteiger partial charge in [-0.1, -0.05) is 94.4 Å². The van der Waals surface area contributed by atoms with Crippen molar-refractivity contribution in [3.8, 4) is 5.75 Å². The molecule has 27 N–H and O–H groups in total. The number of urea groups is 1. The third-order valence-electron chi connectivity index (χ3n) is 21.3. The molecular weight excluding hydrogens is 1700 g/mol. The number of Topliss-reactive ketones (excluding diaryl/α,β-unsaturated/α-hetero) is 1. The summed E-state index contributed by atoms with van der Waals surface area (Å²) >= 11 is 0. The summed E-state index contributed by atoms with van der Waals surface area (Å²) in [5, 5.41) is 60.4. The van der Waals surface area contributed by atoms with Crippen molar-refractivity contribution < 1.29 is 96.5 Å². The van der Waals surface area contributed by atoms with E-state index in [1.807, 2.05) is 31.2 Å². The van der Waals surface area contributed by atoms with Crippen molar-refractivity contribution in [1.29, 1.82) is 0 Å². The number of nitrogens with one attached hydrogen (secondary N) is 15. The number of rotatable bonds is 42. The maximum atomic E-state index is 16.3. The first kappa shape index (κ1) is 105. The van der Waals surface area contributed by atoms with Gasteiger partial charge in [-0.15, -0.1) is 0 Å². The number of carbonyl (C=O) groups excluding carboxylic acids is 17. The van der Waals surface area contributed by atoms with Crippen molar-refractivity contribution in [3.63, 3.8) is 0 Å². The van der Waals surface area contributed by atoms with E-state index in [1.54, 1.807) is 66.9 Å². The number of ether oxygens (including phenoxy) is 1. The molecule has 700 valence electrons. The van der Waals surface area contributed by atoms with Crippen LogP contribution in [0.5, 0.6) is 5.75 Å². The summed E-state index contributed by atoms with van der Waals surface area (Å²) in [7, 11) is 1.76. The fraction of sp³-hybridized carbons (Fsp3) is 0.523. The van der Waals surface area contributed by atoms with Crippen molar-refractivity contribution in [2.24, 2.45) is 28.7 Å². The van der Waals surface area contributed by atoms with Crippen molar-refractivity contribution in [3.05, 3.63) is 113 Å². The topological polar surface area (TPSA) is 654 Å². The molecule has 0 aliphatic carbocycles. The summed E-state index contributed by atoms with van der Waals surface area (Å²) in [5.74, 6) is -15.5. The molecule has 0 saturated carbocycles. The molecule has 1 aromatic heterocycles. The number of hydrogen-bond donors (Lipinski definition) is 22. The van der Waals surface area contributed by atoms with Gasteiger partial charge < -0.3 is 123 Å². The molecule has 0 unspecified atom stereocenters. The van der Waals surface area contributed by atoms with Crippen LogP contribution < -0.4 is 108 Å². The zero-order valence-electron chi connectivity index (χ0n) is 73.8. The van der Waals surface area contributed by atoms with E-state index in [2.05, 4.69) is 79.4 Å². The first-order chi connectivity index (χ1) is 60.3. The van der Waals surface area contributed by atoms with Gasteiger partial charge in [-0.3, -0.25) is 76.7 Å². The molecule has 1 fully saturated rings. The number of aliphatic hydroxyl groups excluding tert-OH is 2. The van der Waals surface area contributed by atoms with E-state index in [0.29, 0.717) is 38.7 Å². The standard InChI is InChI=1S/C86H124N20O20S2/c1-45-20-18-23-57-55(44-94-67(45)57)41-62-75(117)96-58(25-19-36-93-83(91)125)73(115)105-71(85(9,10)128-127-84(7,8)70(95-50(6)111)80(122)101-64(43-66(90)113)77(119)104-69(48(4)109)79(121)99-62)81(123)100-60(39-51-27-30-56(31-28-51)126-37-34-88)74(116)97-61(40-52-26-29-53-21-12-13-22-54(53)38-52)78(120)106-86(11,32-15-16-33-87)82(124)102-59(24-14-17-35-92-49(5)110)72(114)98-63(42-65(89)112)76(118)103-68(46(2)107)47(3)108/h12-13,18,20-23,26-31,38,44,46,48,58-64,68-71,94,107,109H,14-17,19,24-25,32-37,39-43,87-88H2,1-11H3,(H2,89,112)(H2,90,113)(H,92,110)(H,95,111)(H,96,117)(H,97,116)(H,98,114)(H,99,121)(H,100,123)(H,101,122)(H,102,124)(H,103,118)(H,104,119)(H,105,115)(H,106,120)(H3,91,93,125)/t46-,48+,58-,59-,60-,61-,62-,63-,64-,68+,69-,70+,71+,86-/m0/s1. The lowest BCUT2D eigenvalue weighted by molar-refractivity contribution is -0.138. The molecule has 4 aromatic carbocycles. The molecular formula is C86H124N20O20S2. The minimum Gasteiger partial charge on any atom is -0.492 e. The first-order valence-electron chi connectivity index (χ1n) is 42.1. The number of unbranched alkanes of at least 4 members (excludes halogenated alkanes) is 2. The number of aromatic amines is 1. The highest BCUT2D eigenvalue weighted by Gasteiger charge is 2.47. The van der Waals surface area contributed by atoms with E-state index in [-0.39, 0.29) is 103 Å². The molecule has 2 heterocycles. The van der Waals surface area contributed by atoms with Crippen LogP contribution in [0.4, 0.5) is 4.79 Å². The summed E-state index contributed by atoms with van der Waals surface area (Å²) < 4.78 is 2.52. The maximum Gasteiger partial charge on any atom is 0.312 e. The molecule has 5 aromatic rings. The van der Waals surface area contributed by atoms with Crippen molar-refractivity contribution in [1.82, 2.24) is 79.4 Å². The van der Waals surface area contributed by atoms with E-state index in [1.165, 1.54) is 48.5 Å². The zero-order valence-corrected chi connectivity index (χ0v) is 75.5. The zero-order chi connectivity index (χ0) is 95.1. The quantitative estimate of drug-likeness (QED) is 0.0151. The van der Waals surface area contributed by atoms with Crippen LogP contribution in [0.2, 0.25) is 0 Å². The van der Waals surface area contributed by atoms with Gasteiger partial charge in [0.2, 0.25) is 88.6 Å².